The van der Waals surface area contributed by atoms with Crippen LogP contribution in [0.4, 0.5) is 13.2 Å². The molecule has 0 spiro atoms. The summed E-state index contributed by atoms with van der Waals surface area (Å²) in [6.07, 6.45) is -1.35. The highest BCUT2D eigenvalue weighted by Crippen LogP contribution is 2.43. The molecule has 24 heavy (non-hydrogen) atoms. The van der Waals surface area contributed by atoms with Gasteiger partial charge in [-0.15, -0.1) is 10.2 Å². The summed E-state index contributed by atoms with van der Waals surface area (Å²) in [4.78, 5) is 14.6. The Morgan fingerprint density at radius 1 is 1.17 bits per heavy atom. The van der Waals surface area contributed by atoms with Crippen LogP contribution in [0.15, 0.2) is 0 Å². The van der Waals surface area contributed by atoms with E-state index in [0.29, 0.717) is 11.8 Å². The van der Waals surface area contributed by atoms with Gasteiger partial charge in [0.25, 0.3) is 0 Å². The van der Waals surface area contributed by atoms with E-state index < -0.39 is 12.0 Å². The molecule has 1 unspecified atom stereocenters. The molecule has 0 radical (unpaired) electrons. The van der Waals surface area contributed by atoms with Crippen LogP contribution in [0.1, 0.15) is 30.9 Å². The van der Waals surface area contributed by atoms with Gasteiger partial charge in [0.05, 0.1) is 6.54 Å². The van der Waals surface area contributed by atoms with Gasteiger partial charge >= 0.3 is 6.18 Å². The highest BCUT2D eigenvalue weighted by Gasteiger charge is 2.44. The monoisotopic (exact) mass is 343 g/mol. The number of halogens is 3. The first kappa shape index (κ1) is 15.9. The number of amides is 1. The molecule has 2 aliphatic heterocycles. The molecule has 6 nitrogen and oxygen atoms in total. The fourth-order valence-corrected chi connectivity index (χ4v) is 4.00. The molecule has 0 aromatic carbocycles. The molecule has 1 aliphatic carbocycles. The largest absolute Gasteiger partial charge is 0.451 e. The van der Waals surface area contributed by atoms with E-state index in [2.05, 4.69) is 15.5 Å². The van der Waals surface area contributed by atoms with Gasteiger partial charge in [-0.1, -0.05) is 0 Å². The van der Waals surface area contributed by atoms with Crippen LogP contribution in [0.25, 0.3) is 0 Å². The lowest BCUT2D eigenvalue weighted by Crippen LogP contribution is -2.49. The molecule has 132 valence electrons. The van der Waals surface area contributed by atoms with E-state index in [0.717, 1.165) is 24.1 Å². The second kappa shape index (κ2) is 5.72. The Labute approximate surface area is 137 Å². The third-order valence-corrected chi connectivity index (χ3v) is 5.39. The average Bonchev–Trinajstić information content (AvgIpc) is 3.31. The summed E-state index contributed by atoms with van der Waals surface area (Å²) in [6, 6.07) is 0. The standard InChI is InChI=1S/C15H20F3N5O/c16-15(17,18)14-21-20-12-8-22(5-6-23(12)14)13(24)10-3-4-19-7-11(10)9-1-2-9/h9-11,19H,1-8H2/t10-,11?/m0/s1. The summed E-state index contributed by atoms with van der Waals surface area (Å²) in [5.41, 5.74) is 0. The smallest absolute Gasteiger partial charge is 0.333 e. The lowest BCUT2D eigenvalue weighted by molar-refractivity contribution is -0.148. The molecular formula is C15H20F3N5O. The van der Waals surface area contributed by atoms with Crippen LogP contribution >= 0.6 is 0 Å². The number of piperidine rings is 1. The first-order chi connectivity index (χ1) is 11.4. The summed E-state index contributed by atoms with van der Waals surface area (Å²) < 4.78 is 39.8. The van der Waals surface area contributed by atoms with E-state index in [9.17, 15) is 18.0 Å². The number of carbonyl (C=O) groups is 1. The van der Waals surface area contributed by atoms with E-state index in [4.69, 9.17) is 0 Å². The maximum atomic E-state index is 12.9. The van der Waals surface area contributed by atoms with Gasteiger partial charge in [0.15, 0.2) is 5.82 Å². The highest BCUT2D eigenvalue weighted by molar-refractivity contribution is 5.79. The zero-order chi connectivity index (χ0) is 16.9. The lowest BCUT2D eigenvalue weighted by atomic mass is 9.82. The van der Waals surface area contributed by atoms with Crippen molar-refractivity contribution in [2.75, 3.05) is 19.6 Å². The number of nitrogens with one attached hydrogen (secondary N) is 1. The number of hydrogen-bond donors (Lipinski definition) is 1. The maximum Gasteiger partial charge on any atom is 0.451 e. The zero-order valence-corrected chi connectivity index (χ0v) is 13.2. The van der Waals surface area contributed by atoms with E-state index in [1.54, 1.807) is 4.90 Å². The van der Waals surface area contributed by atoms with Crippen molar-refractivity contribution >= 4 is 5.91 Å². The van der Waals surface area contributed by atoms with Gasteiger partial charge in [0.1, 0.15) is 0 Å². The Morgan fingerprint density at radius 3 is 2.67 bits per heavy atom. The number of nitrogens with zero attached hydrogens (tertiary/aromatic N) is 4. The SMILES string of the molecule is O=C([C@H]1CCNCC1C1CC1)N1CCn2c(nnc2C(F)(F)F)C1. The van der Waals surface area contributed by atoms with Crippen molar-refractivity contribution in [2.45, 2.75) is 38.5 Å². The van der Waals surface area contributed by atoms with Crippen molar-refractivity contribution in [3.05, 3.63) is 11.6 Å². The van der Waals surface area contributed by atoms with Gasteiger partial charge in [-0.2, -0.15) is 13.2 Å². The first-order valence-corrected chi connectivity index (χ1v) is 8.44. The second-order valence-corrected chi connectivity index (χ2v) is 6.95. The predicted molar refractivity (Wildman–Crippen MR) is 77.6 cm³/mol. The molecule has 0 bridgehead atoms. The molecule has 2 atom stereocenters. The normalized spacial score (nSPS) is 27.9. The molecule has 9 heteroatoms. The fourth-order valence-electron chi connectivity index (χ4n) is 4.00. The summed E-state index contributed by atoms with van der Waals surface area (Å²) in [6.45, 7) is 2.19. The van der Waals surface area contributed by atoms with Gasteiger partial charge in [-0.25, -0.2) is 0 Å². The Kier molecular flexibility index (Phi) is 3.78. The van der Waals surface area contributed by atoms with Crippen molar-refractivity contribution in [3.8, 4) is 0 Å². The van der Waals surface area contributed by atoms with Gasteiger partial charge < -0.3 is 14.8 Å². The number of hydrogen-bond acceptors (Lipinski definition) is 4. The molecule has 1 saturated heterocycles. The fraction of sp³-hybridized carbons (Fsp3) is 0.800. The molecular weight excluding hydrogens is 323 g/mol. The number of fused-ring (bicyclic) bond motifs is 1. The molecule has 1 aromatic heterocycles. The minimum Gasteiger partial charge on any atom is -0.333 e. The molecule has 3 heterocycles. The minimum atomic E-state index is -4.51. The Bertz CT molecular complexity index is 640. The van der Waals surface area contributed by atoms with Crippen LogP contribution in [0.2, 0.25) is 0 Å². The van der Waals surface area contributed by atoms with E-state index in [1.165, 1.54) is 12.8 Å². The summed E-state index contributed by atoms with van der Waals surface area (Å²) in [5.74, 6) is 0.279. The van der Waals surface area contributed by atoms with Crippen LogP contribution < -0.4 is 5.32 Å². The molecule has 1 aromatic rings. The quantitative estimate of drug-likeness (QED) is 0.879. The topological polar surface area (TPSA) is 63.1 Å². The molecule has 1 amide bonds. The highest BCUT2D eigenvalue weighted by atomic mass is 19.4. The third kappa shape index (κ3) is 2.78. The Morgan fingerprint density at radius 2 is 1.96 bits per heavy atom. The number of rotatable bonds is 2. The minimum absolute atomic E-state index is 0.0182. The van der Waals surface area contributed by atoms with Gasteiger partial charge in [0.2, 0.25) is 11.7 Å². The van der Waals surface area contributed by atoms with Gasteiger partial charge in [-0.05, 0) is 44.2 Å². The first-order valence-electron chi connectivity index (χ1n) is 8.44. The Hall–Kier alpha value is -1.64. The van der Waals surface area contributed by atoms with Crippen molar-refractivity contribution in [1.29, 1.82) is 0 Å². The molecule has 2 fully saturated rings. The van der Waals surface area contributed by atoms with E-state index in [-0.39, 0.29) is 37.3 Å². The Balaban J connectivity index is 1.50. The number of aromatic nitrogens is 3. The number of alkyl halides is 3. The van der Waals surface area contributed by atoms with Crippen LogP contribution in [0.3, 0.4) is 0 Å². The molecule has 1 saturated carbocycles. The molecule has 1 N–H and O–H groups in total. The summed E-state index contributed by atoms with van der Waals surface area (Å²) in [7, 11) is 0. The summed E-state index contributed by atoms with van der Waals surface area (Å²) >= 11 is 0. The van der Waals surface area contributed by atoms with Crippen molar-refractivity contribution in [2.24, 2.45) is 17.8 Å². The van der Waals surface area contributed by atoms with E-state index in [1.807, 2.05) is 0 Å². The van der Waals surface area contributed by atoms with Crippen molar-refractivity contribution in [3.63, 3.8) is 0 Å². The van der Waals surface area contributed by atoms with Gasteiger partial charge in [0, 0.05) is 19.0 Å². The van der Waals surface area contributed by atoms with Crippen LogP contribution in [-0.4, -0.2) is 45.2 Å². The molecule has 3 aliphatic rings. The lowest BCUT2D eigenvalue weighted by Gasteiger charge is -2.36. The molecule has 4 rings (SSSR count). The zero-order valence-electron chi connectivity index (χ0n) is 13.2. The summed E-state index contributed by atoms with van der Waals surface area (Å²) in [5, 5.41) is 10.3. The second-order valence-electron chi connectivity index (χ2n) is 6.95. The van der Waals surface area contributed by atoms with Crippen LogP contribution in [0.5, 0.6) is 0 Å². The predicted octanol–water partition coefficient (Wildman–Crippen LogP) is 1.27. The van der Waals surface area contributed by atoms with Gasteiger partial charge in [-0.3, -0.25) is 4.79 Å². The van der Waals surface area contributed by atoms with E-state index >= 15 is 0 Å². The maximum absolute atomic E-state index is 12.9. The van der Waals surface area contributed by atoms with Crippen molar-refractivity contribution < 1.29 is 18.0 Å². The van der Waals surface area contributed by atoms with Crippen LogP contribution in [-0.2, 0) is 24.1 Å². The average molecular weight is 343 g/mol. The number of carbonyl (C=O) groups excluding carboxylic acids is 1. The third-order valence-electron chi connectivity index (χ3n) is 5.39. The van der Waals surface area contributed by atoms with Crippen LogP contribution in [0, 0.1) is 17.8 Å². The van der Waals surface area contributed by atoms with Crippen molar-refractivity contribution in [1.82, 2.24) is 25.0 Å².